The van der Waals surface area contributed by atoms with Crippen LogP contribution in [0.3, 0.4) is 0 Å². The van der Waals surface area contributed by atoms with Crippen LogP contribution in [0.15, 0.2) is 24.5 Å². The first kappa shape index (κ1) is 21.1. The Morgan fingerprint density at radius 1 is 1.45 bits per heavy atom. The van der Waals surface area contributed by atoms with Crippen LogP contribution in [-0.4, -0.2) is 58.6 Å². The average Bonchev–Trinajstić information content (AvgIpc) is 3.20. The van der Waals surface area contributed by atoms with Gasteiger partial charge < -0.3 is 19.9 Å². The SMILES string of the molecule is COC(=O)[C@H](CCSC)NC(=O)N1CCc2[nH]cnc2[C@H]1c1cc(F)ccc1F. The van der Waals surface area contributed by atoms with Crippen LogP contribution >= 0.6 is 11.8 Å². The zero-order chi connectivity index (χ0) is 21.0. The lowest BCUT2D eigenvalue weighted by atomic mass is 9.95. The fourth-order valence-electron chi connectivity index (χ4n) is 3.39. The van der Waals surface area contributed by atoms with Crippen LogP contribution in [0.5, 0.6) is 0 Å². The number of methoxy groups -OCH3 is 1. The van der Waals surface area contributed by atoms with E-state index in [2.05, 4.69) is 15.3 Å². The lowest BCUT2D eigenvalue weighted by molar-refractivity contribution is -0.142. The number of carbonyl (C=O) groups is 2. The van der Waals surface area contributed by atoms with Crippen LogP contribution in [0.1, 0.15) is 29.4 Å². The third-order valence-corrected chi connectivity index (χ3v) is 5.48. The van der Waals surface area contributed by atoms with Crippen LogP contribution in [0.2, 0.25) is 0 Å². The molecule has 0 radical (unpaired) electrons. The number of benzene rings is 1. The number of aromatic nitrogens is 2. The molecule has 1 aromatic carbocycles. The topological polar surface area (TPSA) is 87.3 Å². The van der Waals surface area contributed by atoms with Crippen LogP contribution in [0.4, 0.5) is 13.6 Å². The molecule has 0 spiro atoms. The number of amides is 2. The highest BCUT2D eigenvalue weighted by Gasteiger charge is 2.37. The molecule has 0 aliphatic carbocycles. The predicted molar refractivity (Wildman–Crippen MR) is 105 cm³/mol. The summed E-state index contributed by atoms with van der Waals surface area (Å²) in [6, 6.07) is 0.794. The first-order chi connectivity index (χ1) is 14.0. The molecule has 1 aliphatic heterocycles. The van der Waals surface area contributed by atoms with Crippen molar-refractivity contribution in [1.29, 1.82) is 0 Å². The molecule has 156 valence electrons. The number of H-pyrrole nitrogens is 1. The number of ether oxygens (including phenoxy) is 1. The van der Waals surface area contributed by atoms with E-state index in [1.807, 2.05) is 6.26 Å². The maximum absolute atomic E-state index is 14.6. The van der Waals surface area contributed by atoms with E-state index in [1.165, 1.54) is 30.1 Å². The Morgan fingerprint density at radius 3 is 2.97 bits per heavy atom. The number of urea groups is 1. The summed E-state index contributed by atoms with van der Waals surface area (Å²) in [7, 11) is 1.25. The van der Waals surface area contributed by atoms with Crippen LogP contribution in [0.25, 0.3) is 0 Å². The Hall–Kier alpha value is -2.62. The van der Waals surface area contributed by atoms with Gasteiger partial charge in [0.15, 0.2) is 0 Å². The molecule has 1 aliphatic rings. The summed E-state index contributed by atoms with van der Waals surface area (Å²) in [5.41, 5.74) is 1.22. The van der Waals surface area contributed by atoms with Gasteiger partial charge in [0.25, 0.3) is 0 Å². The maximum Gasteiger partial charge on any atom is 0.328 e. The molecule has 3 rings (SSSR count). The second kappa shape index (κ2) is 9.25. The van der Waals surface area contributed by atoms with Crippen molar-refractivity contribution in [3.05, 3.63) is 53.1 Å². The number of hydrogen-bond donors (Lipinski definition) is 2. The second-order valence-electron chi connectivity index (χ2n) is 6.58. The van der Waals surface area contributed by atoms with Crippen molar-refractivity contribution in [2.24, 2.45) is 0 Å². The number of rotatable bonds is 6. The minimum absolute atomic E-state index is 0.00642. The average molecular weight is 424 g/mol. The van der Waals surface area contributed by atoms with Gasteiger partial charge in [-0.2, -0.15) is 11.8 Å². The smallest absolute Gasteiger partial charge is 0.328 e. The molecule has 0 saturated carbocycles. The predicted octanol–water partition coefficient (Wildman–Crippen LogP) is 2.64. The summed E-state index contributed by atoms with van der Waals surface area (Å²) in [5, 5.41) is 2.67. The highest BCUT2D eigenvalue weighted by atomic mass is 32.2. The van der Waals surface area contributed by atoms with Gasteiger partial charge >= 0.3 is 12.0 Å². The Balaban J connectivity index is 1.93. The third-order valence-electron chi connectivity index (χ3n) is 4.83. The summed E-state index contributed by atoms with van der Waals surface area (Å²) < 4.78 is 33.2. The van der Waals surface area contributed by atoms with E-state index in [-0.39, 0.29) is 12.1 Å². The van der Waals surface area contributed by atoms with Gasteiger partial charge in [0.2, 0.25) is 0 Å². The molecule has 2 aromatic rings. The molecule has 2 heterocycles. The minimum Gasteiger partial charge on any atom is -0.467 e. The van der Waals surface area contributed by atoms with Crippen molar-refractivity contribution in [1.82, 2.24) is 20.2 Å². The van der Waals surface area contributed by atoms with Gasteiger partial charge in [-0.1, -0.05) is 0 Å². The lowest BCUT2D eigenvalue weighted by Crippen LogP contribution is -2.51. The Labute approximate surface area is 171 Å². The maximum atomic E-state index is 14.6. The monoisotopic (exact) mass is 424 g/mol. The van der Waals surface area contributed by atoms with Gasteiger partial charge in [0.1, 0.15) is 23.7 Å². The number of fused-ring (bicyclic) bond motifs is 1. The number of esters is 1. The quantitative estimate of drug-likeness (QED) is 0.697. The van der Waals surface area contributed by atoms with Gasteiger partial charge in [0, 0.05) is 24.2 Å². The Kier molecular flexibility index (Phi) is 6.73. The molecule has 2 amide bonds. The zero-order valence-electron chi connectivity index (χ0n) is 16.1. The van der Waals surface area contributed by atoms with Crippen molar-refractivity contribution in [2.75, 3.05) is 25.7 Å². The lowest BCUT2D eigenvalue weighted by Gasteiger charge is -2.36. The summed E-state index contributed by atoms with van der Waals surface area (Å²) in [5.74, 6) is -1.17. The van der Waals surface area contributed by atoms with Gasteiger partial charge in [-0.3, -0.25) is 0 Å². The summed E-state index contributed by atoms with van der Waals surface area (Å²) in [6.07, 6.45) is 4.22. The molecule has 0 fully saturated rings. The number of hydrogen-bond acceptors (Lipinski definition) is 5. The molecule has 7 nitrogen and oxygen atoms in total. The molecule has 0 saturated heterocycles. The number of halogens is 2. The molecule has 2 atom stereocenters. The Bertz CT molecular complexity index is 892. The van der Waals surface area contributed by atoms with E-state index in [9.17, 15) is 18.4 Å². The highest BCUT2D eigenvalue weighted by molar-refractivity contribution is 7.98. The number of nitrogens with one attached hydrogen (secondary N) is 2. The van der Waals surface area contributed by atoms with Crippen LogP contribution in [-0.2, 0) is 16.0 Å². The van der Waals surface area contributed by atoms with E-state index in [0.717, 1.165) is 23.9 Å². The number of nitrogens with zero attached hydrogens (tertiary/aromatic N) is 2. The molecular weight excluding hydrogens is 402 g/mol. The second-order valence-corrected chi connectivity index (χ2v) is 7.57. The molecular formula is C19H22F2N4O3S. The normalized spacial score (nSPS) is 16.8. The van der Waals surface area contributed by atoms with E-state index >= 15 is 0 Å². The van der Waals surface area contributed by atoms with Crippen molar-refractivity contribution in [2.45, 2.75) is 24.9 Å². The summed E-state index contributed by atoms with van der Waals surface area (Å²) in [4.78, 5) is 33.7. The van der Waals surface area contributed by atoms with E-state index < -0.39 is 35.7 Å². The van der Waals surface area contributed by atoms with Crippen molar-refractivity contribution in [3.63, 3.8) is 0 Å². The van der Waals surface area contributed by atoms with Gasteiger partial charge in [0.05, 0.1) is 19.1 Å². The number of thioether (sulfide) groups is 1. The fourth-order valence-corrected chi connectivity index (χ4v) is 3.86. The first-order valence-corrected chi connectivity index (χ1v) is 10.5. The first-order valence-electron chi connectivity index (χ1n) is 9.07. The van der Waals surface area contributed by atoms with Gasteiger partial charge in [-0.25, -0.2) is 23.4 Å². The molecule has 1 aromatic heterocycles. The van der Waals surface area contributed by atoms with E-state index in [1.54, 1.807) is 0 Å². The largest absolute Gasteiger partial charge is 0.467 e. The number of aromatic amines is 1. The summed E-state index contributed by atoms with van der Waals surface area (Å²) >= 11 is 1.54. The van der Waals surface area contributed by atoms with Gasteiger partial charge in [-0.15, -0.1) is 0 Å². The van der Waals surface area contributed by atoms with E-state index in [4.69, 9.17) is 4.74 Å². The fraction of sp³-hybridized carbons (Fsp3) is 0.421. The molecule has 0 unspecified atom stereocenters. The third kappa shape index (κ3) is 4.52. The standard InChI is InChI=1S/C19H22F2N4O3S/c1-28-18(26)15(6-8-29-2)24-19(27)25-7-5-14-16(23-10-22-14)17(25)12-9-11(20)3-4-13(12)21/h3-4,9-10,15,17H,5-8H2,1-2H3,(H,22,23)(H,24,27)/t15-,17+/m0/s1. The van der Waals surface area contributed by atoms with Crippen molar-refractivity contribution >= 4 is 23.8 Å². The zero-order valence-corrected chi connectivity index (χ0v) is 16.9. The minimum atomic E-state index is -0.917. The highest BCUT2D eigenvalue weighted by Crippen LogP contribution is 2.35. The Morgan fingerprint density at radius 2 is 2.24 bits per heavy atom. The van der Waals surface area contributed by atoms with E-state index in [0.29, 0.717) is 24.3 Å². The molecule has 29 heavy (non-hydrogen) atoms. The summed E-state index contributed by atoms with van der Waals surface area (Å²) in [6.45, 7) is 0.248. The van der Waals surface area contributed by atoms with Crippen LogP contribution in [0, 0.1) is 11.6 Å². The van der Waals surface area contributed by atoms with Crippen molar-refractivity contribution in [3.8, 4) is 0 Å². The molecule has 2 N–H and O–H groups in total. The number of imidazole rings is 1. The van der Waals surface area contributed by atoms with Crippen molar-refractivity contribution < 1.29 is 23.1 Å². The van der Waals surface area contributed by atoms with Gasteiger partial charge in [-0.05, 0) is 36.6 Å². The van der Waals surface area contributed by atoms with Crippen LogP contribution < -0.4 is 5.32 Å². The number of carbonyl (C=O) groups excluding carboxylic acids is 2. The molecule has 0 bridgehead atoms. The molecule has 10 heteroatoms.